The summed E-state index contributed by atoms with van der Waals surface area (Å²) in [6.07, 6.45) is 11.0. The summed E-state index contributed by atoms with van der Waals surface area (Å²) in [7, 11) is 0. The van der Waals surface area contributed by atoms with Gasteiger partial charge >= 0.3 is 6.09 Å². The second-order valence-electron chi connectivity index (χ2n) is 9.97. The minimum absolute atomic E-state index is 0.110. The molecule has 1 aromatic rings. The molecule has 1 heterocycles. The average Bonchev–Trinajstić information content (AvgIpc) is 3.32. The third kappa shape index (κ3) is 3.88. The van der Waals surface area contributed by atoms with Crippen molar-refractivity contribution in [2.24, 2.45) is 5.92 Å². The van der Waals surface area contributed by atoms with E-state index in [4.69, 9.17) is 4.74 Å². The van der Waals surface area contributed by atoms with Crippen molar-refractivity contribution in [3.05, 3.63) is 35.4 Å². The Bertz CT molecular complexity index is 692. The summed E-state index contributed by atoms with van der Waals surface area (Å²) in [5, 5.41) is 0. The van der Waals surface area contributed by atoms with Gasteiger partial charge in [-0.25, -0.2) is 4.79 Å². The van der Waals surface area contributed by atoms with Crippen LogP contribution in [0, 0.1) is 5.92 Å². The molecule has 0 N–H and O–H groups in total. The van der Waals surface area contributed by atoms with Gasteiger partial charge in [-0.2, -0.15) is 0 Å². The monoisotopic (exact) mass is 369 g/mol. The zero-order valence-corrected chi connectivity index (χ0v) is 17.3. The lowest BCUT2D eigenvalue weighted by Gasteiger charge is -2.37. The normalized spacial score (nSPS) is 30.1. The van der Waals surface area contributed by atoms with E-state index < -0.39 is 5.60 Å². The first-order valence-corrected chi connectivity index (χ1v) is 11.0. The van der Waals surface area contributed by atoms with Crippen LogP contribution in [0.4, 0.5) is 4.79 Å². The molecule has 3 nitrogen and oxygen atoms in total. The van der Waals surface area contributed by atoms with E-state index >= 15 is 0 Å². The van der Waals surface area contributed by atoms with Crippen LogP contribution in [-0.2, 0) is 16.6 Å². The molecule has 1 spiro atoms. The Morgan fingerprint density at radius 3 is 2.81 bits per heavy atom. The number of hydrogen-bond acceptors (Lipinski definition) is 2. The van der Waals surface area contributed by atoms with E-state index in [9.17, 15) is 4.79 Å². The number of hydrogen-bond donors (Lipinski definition) is 0. The van der Waals surface area contributed by atoms with Crippen LogP contribution in [0.15, 0.2) is 24.3 Å². The van der Waals surface area contributed by atoms with Gasteiger partial charge in [-0.3, -0.25) is 0 Å². The predicted molar refractivity (Wildman–Crippen MR) is 109 cm³/mol. The van der Waals surface area contributed by atoms with Gasteiger partial charge in [0.2, 0.25) is 0 Å². The molecule has 27 heavy (non-hydrogen) atoms. The summed E-state index contributed by atoms with van der Waals surface area (Å²) in [4.78, 5) is 14.7. The SMILES string of the molecule is CC(C)(C)OC(=O)N1CCCCC1CCC1CC12CCCc1ccccc12. The third-order valence-corrected chi connectivity index (χ3v) is 6.96. The van der Waals surface area contributed by atoms with Crippen LogP contribution in [0.1, 0.15) is 83.3 Å². The summed E-state index contributed by atoms with van der Waals surface area (Å²) in [6.45, 7) is 6.73. The number of benzene rings is 1. The van der Waals surface area contributed by atoms with E-state index in [1.165, 1.54) is 38.5 Å². The topological polar surface area (TPSA) is 29.5 Å². The molecule has 3 heteroatoms. The maximum absolute atomic E-state index is 12.6. The highest BCUT2D eigenvalue weighted by Gasteiger charge is 2.55. The van der Waals surface area contributed by atoms with Gasteiger partial charge in [-0.05, 0) is 101 Å². The van der Waals surface area contributed by atoms with Crippen molar-refractivity contribution in [3.63, 3.8) is 0 Å². The van der Waals surface area contributed by atoms with Gasteiger partial charge in [0.1, 0.15) is 5.60 Å². The highest BCUT2D eigenvalue weighted by Crippen LogP contribution is 2.62. The Morgan fingerprint density at radius 1 is 1.19 bits per heavy atom. The van der Waals surface area contributed by atoms with Gasteiger partial charge in [0.25, 0.3) is 0 Å². The average molecular weight is 370 g/mol. The summed E-state index contributed by atoms with van der Waals surface area (Å²) < 4.78 is 5.67. The second-order valence-corrected chi connectivity index (χ2v) is 9.97. The van der Waals surface area contributed by atoms with E-state index in [2.05, 4.69) is 24.3 Å². The molecular formula is C24H35NO2. The minimum atomic E-state index is -0.411. The van der Waals surface area contributed by atoms with Gasteiger partial charge < -0.3 is 9.64 Å². The van der Waals surface area contributed by atoms with Crippen molar-refractivity contribution >= 4 is 6.09 Å². The standard InChI is InChI=1S/C24H35NO2/c1-23(2,3)27-22(26)25-16-7-6-11-20(25)14-13-19-17-24(19)15-8-10-18-9-4-5-12-21(18)24/h4-5,9,12,19-20H,6-8,10-11,13-17H2,1-3H3. The lowest BCUT2D eigenvalue weighted by molar-refractivity contribution is 0.00841. The lowest BCUT2D eigenvalue weighted by Crippen LogP contribution is -2.46. The van der Waals surface area contributed by atoms with Gasteiger partial charge in [0.05, 0.1) is 0 Å². The molecular weight excluding hydrogens is 334 g/mol. The molecule has 3 unspecified atom stereocenters. The Hall–Kier alpha value is -1.51. The number of ether oxygens (including phenoxy) is 1. The zero-order valence-electron chi connectivity index (χ0n) is 17.3. The fraction of sp³-hybridized carbons (Fsp3) is 0.708. The maximum atomic E-state index is 12.6. The van der Waals surface area contributed by atoms with Crippen molar-refractivity contribution in [2.45, 2.75) is 95.6 Å². The quantitative estimate of drug-likeness (QED) is 0.669. The molecule has 0 bridgehead atoms. The maximum Gasteiger partial charge on any atom is 0.410 e. The molecule has 0 aromatic heterocycles. The first kappa shape index (κ1) is 18.8. The van der Waals surface area contributed by atoms with E-state index in [0.717, 1.165) is 31.7 Å². The summed E-state index contributed by atoms with van der Waals surface area (Å²) in [6, 6.07) is 9.48. The van der Waals surface area contributed by atoms with Gasteiger partial charge in [0, 0.05) is 12.6 Å². The molecule has 0 radical (unpaired) electrons. The largest absolute Gasteiger partial charge is 0.444 e. The molecule has 1 saturated heterocycles. The molecule has 4 rings (SSSR count). The van der Waals surface area contributed by atoms with Crippen LogP contribution in [0.2, 0.25) is 0 Å². The number of rotatable bonds is 3. The smallest absolute Gasteiger partial charge is 0.410 e. The predicted octanol–water partition coefficient (Wildman–Crippen LogP) is 5.85. The van der Waals surface area contributed by atoms with Crippen LogP contribution < -0.4 is 0 Å². The molecule has 2 fully saturated rings. The summed E-state index contributed by atoms with van der Waals surface area (Å²) in [5.74, 6) is 0.807. The third-order valence-electron chi connectivity index (χ3n) is 6.96. The molecule has 3 aliphatic rings. The molecule has 3 atom stereocenters. The van der Waals surface area contributed by atoms with Gasteiger partial charge in [-0.15, -0.1) is 0 Å². The number of amides is 1. The van der Waals surface area contributed by atoms with Crippen LogP contribution in [0.5, 0.6) is 0 Å². The minimum Gasteiger partial charge on any atom is -0.444 e. The Balaban J connectivity index is 1.38. The Kier molecular flexibility index (Phi) is 4.98. The number of aryl methyl sites for hydroxylation is 1. The van der Waals surface area contributed by atoms with Crippen LogP contribution in [0.25, 0.3) is 0 Å². The highest BCUT2D eigenvalue weighted by atomic mass is 16.6. The number of piperidine rings is 1. The number of carbonyl (C=O) groups is 1. The van der Waals surface area contributed by atoms with Crippen LogP contribution >= 0.6 is 0 Å². The van der Waals surface area contributed by atoms with Crippen LogP contribution in [-0.4, -0.2) is 29.2 Å². The lowest BCUT2D eigenvalue weighted by atomic mass is 9.78. The molecule has 2 aliphatic carbocycles. The Morgan fingerprint density at radius 2 is 2.00 bits per heavy atom. The van der Waals surface area contributed by atoms with E-state index in [1.807, 2.05) is 25.7 Å². The first-order chi connectivity index (χ1) is 12.9. The van der Waals surface area contributed by atoms with Gasteiger partial charge in [0.15, 0.2) is 0 Å². The fourth-order valence-corrected chi connectivity index (χ4v) is 5.60. The molecule has 1 saturated carbocycles. The summed E-state index contributed by atoms with van der Waals surface area (Å²) in [5.41, 5.74) is 3.26. The molecule has 148 valence electrons. The number of nitrogens with zero attached hydrogens (tertiary/aromatic N) is 1. The second kappa shape index (κ2) is 7.14. The number of carbonyl (C=O) groups excluding carboxylic acids is 1. The van der Waals surface area contributed by atoms with Crippen molar-refractivity contribution in [1.82, 2.24) is 4.90 Å². The van der Waals surface area contributed by atoms with Crippen molar-refractivity contribution in [3.8, 4) is 0 Å². The van der Waals surface area contributed by atoms with Crippen LogP contribution in [0.3, 0.4) is 0 Å². The zero-order chi connectivity index (χ0) is 19.1. The number of fused-ring (bicyclic) bond motifs is 2. The van der Waals surface area contributed by atoms with E-state index in [1.54, 1.807) is 11.1 Å². The van der Waals surface area contributed by atoms with Crippen molar-refractivity contribution < 1.29 is 9.53 Å². The first-order valence-electron chi connectivity index (χ1n) is 11.0. The highest BCUT2D eigenvalue weighted by molar-refractivity contribution is 5.68. The Labute approximate surface area is 164 Å². The van der Waals surface area contributed by atoms with Gasteiger partial charge in [-0.1, -0.05) is 24.3 Å². The molecule has 1 amide bonds. The summed E-state index contributed by atoms with van der Waals surface area (Å²) >= 11 is 0. The number of likely N-dealkylation sites (tertiary alicyclic amines) is 1. The van der Waals surface area contributed by atoms with E-state index in [-0.39, 0.29) is 6.09 Å². The van der Waals surface area contributed by atoms with Crippen molar-refractivity contribution in [1.29, 1.82) is 0 Å². The fourth-order valence-electron chi connectivity index (χ4n) is 5.60. The van der Waals surface area contributed by atoms with Crippen molar-refractivity contribution in [2.75, 3.05) is 6.54 Å². The van der Waals surface area contributed by atoms with E-state index in [0.29, 0.717) is 11.5 Å². The molecule has 1 aliphatic heterocycles. The molecule has 1 aromatic carbocycles.